The highest BCUT2D eigenvalue weighted by Gasteiger charge is 2.12. The van der Waals surface area contributed by atoms with Gasteiger partial charge in [-0.2, -0.15) is 0 Å². The molecule has 0 radical (unpaired) electrons. The van der Waals surface area contributed by atoms with Gasteiger partial charge < -0.3 is 14.6 Å². The lowest BCUT2D eigenvalue weighted by molar-refractivity contribution is 0.217. The lowest BCUT2D eigenvalue weighted by Crippen LogP contribution is -2.35. The minimum Gasteiger partial charge on any atom is -0.440 e. The molecule has 0 aliphatic heterocycles. The van der Waals surface area contributed by atoms with Crippen molar-refractivity contribution in [3.63, 3.8) is 0 Å². The molecule has 5 nitrogen and oxygen atoms in total. The Morgan fingerprint density at radius 1 is 1.53 bits per heavy atom. The Labute approximate surface area is 116 Å². The number of hydrogen-bond acceptors (Lipinski definition) is 4. The standard InChI is InChI=1S/C13H17N3O2S/c1-9-10(6-7-14-13(17)16(2)3)15-12(18-9)11-5-4-8-19-11/h4-5,8H,6-7H2,1-3H3,(H,14,17). The quantitative estimate of drug-likeness (QED) is 0.935. The van der Waals surface area contributed by atoms with Gasteiger partial charge in [-0.3, -0.25) is 0 Å². The second-order valence-corrected chi connectivity index (χ2v) is 5.32. The van der Waals surface area contributed by atoms with Crippen molar-refractivity contribution in [1.82, 2.24) is 15.2 Å². The Kier molecular flexibility index (Phi) is 4.21. The summed E-state index contributed by atoms with van der Waals surface area (Å²) in [6.45, 7) is 2.45. The maximum Gasteiger partial charge on any atom is 0.316 e. The Morgan fingerprint density at radius 3 is 2.95 bits per heavy atom. The van der Waals surface area contributed by atoms with Crippen molar-refractivity contribution in [3.05, 3.63) is 29.0 Å². The van der Waals surface area contributed by atoms with Crippen molar-refractivity contribution < 1.29 is 9.21 Å². The number of nitrogens with zero attached hydrogens (tertiary/aromatic N) is 2. The van der Waals surface area contributed by atoms with Crippen molar-refractivity contribution in [2.75, 3.05) is 20.6 Å². The number of thiophene rings is 1. The second-order valence-electron chi connectivity index (χ2n) is 4.38. The Balaban J connectivity index is 1.96. The van der Waals surface area contributed by atoms with E-state index in [0.717, 1.165) is 16.3 Å². The van der Waals surface area contributed by atoms with Crippen LogP contribution in [0.5, 0.6) is 0 Å². The highest BCUT2D eigenvalue weighted by Crippen LogP contribution is 2.25. The number of hydrogen-bond donors (Lipinski definition) is 1. The van der Waals surface area contributed by atoms with Crippen molar-refractivity contribution in [1.29, 1.82) is 0 Å². The van der Waals surface area contributed by atoms with Crippen LogP contribution in [0.2, 0.25) is 0 Å². The van der Waals surface area contributed by atoms with Crippen molar-refractivity contribution in [3.8, 4) is 10.8 Å². The van der Waals surface area contributed by atoms with E-state index in [1.165, 1.54) is 4.90 Å². The fraction of sp³-hybridized carbons (Fsp3) is 0.385. The van der Waals surface area contributed by atoms with Crippen LogP contribution in [-0.4, -0.2) is 36.6 Å². The lowest BCUT2D eigenvalue weighted by Gasteiger charge is -2.11. The van der Waals surface area contributed by atoms with E-state index in [9.17, 15) is 4.79 Å². The minimum absolute atomic E-state index is 0.0976. The predicted octanol–water partition coefficient (Wildman–Crippen LogP) is 2.53. The number of carbonyl (C=O) groups excluding carboxylic acids is 1. The van der Waals surface area contributed by atoms with Gasteiger partial charge in [0, 0.05) is 27.1 Å². The first-order chi connectivity index (χ1) is 9.08. The minimum atomic E-state index is -0.0976. The average Bonchev–Trinajstić information content (AvgIpc) is 2.99. The SMILES string of the molecule is Cc1oc(-c2cccs2)nc1CCNC(=O)N(C)C. The molecule has 0 aliphatic carbocycles. The highest BCUT2D eigenvalue weighted by molar-refractivity contribution is 7.13. The summed E-state index contributed by atoms with van der Waals surface area (Å²) in [6, 6.07) is 3.85. The summed E-state index contributed by atoms with van der Waals surface area (Å²) in [7, 11) is 3.43. The zero-order valence-electron chi connectivity index (χ0n) is 11.3. The second kappa shape index (κ2) is 5.88. The number of aryl methyl sites for hydroxylation is 1. The van der Waals surface area contributed by atoms with Gasteiger partial charge in [0.25, 0.3) is 0 Å². The van der Waals surface area contributed by atoms with Crippen molar-refractivity contribution in [2.24, 2.45) is 0 Å². The van der Waals surface area contributed by atoms with E-state index in [1.807, 2.05) is 24.4 Å². The van der Waals surface area contributed by atoms with Crippen LogP contribution in [0.4, 0.5) is 4.79 Å². The highest BCUT2D eigenvalue weighted by atomic mass is 32.1. The fourth-order valence-corrected chi connectivity index (χ4v) is 2.26. The third-order valence-corrected chi connectivity index (χ3v) is 3.53. The van der Waals surface area contributed by atoms with Crippen LogP contribution >= 0.6 is 11.3 Å². The van der Waals surface area contributed by atoms with Gasteiger partial charge in [0.2, 0.25) is 5.89 Å². The molecule has 0 fully saturated rings. The third-order valence-electron chi connectivity index (χ3n) is 2.67. The fourth-order valence-electron chi connectivity index (χ4n) is 1.61. The van der Waals surface area contributed by atoms with Crippen LogP contribution in [0.15, 0.2) is 21.9 Å². The Hall–Kier alpha value is -1.82. The van der Waals surface area contributed by atoms with Crippen molar-refractivity contribution in [2.45, 2.75) is 13.3 Å². The summed E-state index contributed by atoms with van der Waals surface area (Å²) in [5, 5.41) is 4.80. The summed E-state index contributed by atoms with van der Waals surface area (Å²) in [4.78, 5) is 18.4. The van der Waals surface area contributed by atoms with E-state index in [-0.39, 0.29) is 6.03 Å². The summed E-state index contributed by atoms with van der Waals surface area (Å²) in [5.41, 5.74) is 0.891. The number of urea groups is 1. The summed E-state index contributed by atoms with van der Waals surface area (Å²) in [6.07, 6.45) is 0.667. The number of aromatic nitrogens is 1. The van der Waals surface area contributed by atoms with E-state index in [0.29, 0.717) is 18.9 Å². The molecule has 102 valence electrons. The normalized spacial score (nSPS) is 10.5. The largest absolute Gasteiger partial charge is 0.440 e. The van der Waals surface area contributed by atoms with Gasteiger partial charge in [-0.1, -0.05) is 6.07 Å². The summed E-state index contributed by atoms with van der Waals surface area (Å²) < 4.78 is 5.64. The monoisotopic (exact) mass is 279 g/mol. The number of nitrogens with one attached hydrogen (secondary N) is 1. The number of oxazole rings is 1. The van der Waals surface area contributed by atoms with Gasteiger partial charge >= 0.3 is 6.03 Å². The molecular weight excluding hydrogens is 262 g/mol. The van der Waals surface area contributed by atoms with Gasteiger partial charge in [-0.15, -0.1) is 11.3 Å². The molecule has 2 aromatic rings. The summed E-state index contributed by atoms with van der Waals surface area (Å²) >= 11 is 1.60. The molecule has 0 saturated heterocycles. The number of carbonyl (C=O) groups is 1. The molecule has 2 rings (SSSR count). The van der Waals surface area contributed by atoms with E-state index >= 15 is 0 Å². The molecule has 1 N–H and O–H groups in total. The maximum atomic E-state index is 11.4. The zero-order valence-corrected chi connectivity index (χ0v) is 12.1. The number of rotatable bonds is 4. The maximum absolute atomic E-state index is 11.4. The summed E-state index contributed by atoms with van der Waals surface area (Å²) in [5.74, 6) is 1.46. The first kappa shape index (κ1) is 13.6. The molecule has 6 heteroatoms. The molecule has 2 aromatic heterocycles. The van der Waals surface area contributed by atoms with Gasteiger partial charge in [0.1, 0.15) is 5.76 Å². The zero-order chi connectivity index (χ0) is 13.8. The Bertz CT molecular complexity index is 546. The lowest BCUT2D eigenvalue weighted by atomic mass is 10.3. The number of amides is 2. The predicted molar refractivity (Wildman–Crippen MR) is 75.3 cm³/mol. The van der Waals surface area contributed by atoms with E-state index in [2.05, 4.69) is 10.3 Å². The molecule has 0 aromatic carbocycles. The smallest absolute Gasteiger partial charge is 0.316 e. The van der Waals surface area contributed by atoms with Crippen LogP contribution in [0, 0.1) is 6.92 Å². The van der Waals surface area contributed by atoms with Gasteiger partial charge in [-0.25, -0.2) is 9.78 Å². The first-order valence-corrected chi connectivity index (χ1v) is 6.91. The molecule has 0 unspecified atom stereocenters. The van der Waals surface area contributed by atoms with Crippen LogP contribution in [-0.2, 0) is 6.42 Å². The molecule has 0 saturated carbocycles. The van der Waals surface area contributed by atoms with Crippen LogP contribution in [0.25, 0.3) is 10.8 Å². The Morgan fingerprint density at radius 2 is 2.32 bits per heavy atom. The molecule has 2 heterocycles. The molecule has 0 spiro atoms. The first-order valence-electron chi connectivity index (χ1n) is 6.03. The van der Waals surface area contributed by atoms with E-state index in [4.69, 9.17) is 4.42 Å². The average molecular weight is 279 g/mol. The van der Waals surface area contributed by atoms with Crippen LogP contribution in [0.3, 0.4) is 0 Å². The van der Waals surface area contributed by atoms with Crippen LogP contribution < -0.4 is 5.32 Å². The molecule has 0 atom stereocenters. The molecular formula is C13H17N3O2S. The molecule has 2 amide bonds. The van der Waals surface area contributed by atoms with Gasteiger partial charge in [0.15, 0.2) is 0 Å². The molecule has 0 aliphatic rings. The van der Waals surface area contributed by atoms with Crippen molar-refractivity contribution >= 4 is 17.4 Å². The molecule has 19 heavy (non-hydrogen) atoms. The topological polar surface area (TPSA) is 58.4 Å². The van der Waals surface area contributed by atoms with E-state index in [1.54, 1.807) is 25.4 Å². The molecule has 0 bridgehead atoms. The van der Waals surface area contributed by atoms with E-state index < -0.39 is 0 Å². The van der Waals surface area contributed by atoms with Crippen LogP contribution in [0.1, 0.15) is 11.5 Å². The third kappa shape index (κ3) is 3.35. The van der Waals surface area contributed by atoms with Gasteiger partial charge in [0.05, 0.1) is 10.6 Å². The van der Waals surface area contributed by atoms with Gasteiger partial charge in [-0.05, 0) is 18.4 Å².